The van der Waals surface area contributed by atoms with E-state index in [1.807, 2.05) is 4.90 Å². The van der Waals surface area contributed by atoms with E-state index in [1.165, 1.54) is 19.3 Å². The van der Waals surface area contributed by atoms with Crippen molar-refractivity contribution in [2.75, 3.05) is 19.8 Å². The van der Waals surface area contributed by atoms with Gasteiger partial charge in [0.25, 0.3) is 0 Å². The number of halogens is 2. The zero-order valence-corrected chi connectivity index (χ0v) is 17.0. The number of carbonyl (C=O) groups is 2. The Kier molecular flexibility index (Phi) is 6.23. The summed E-state index contributed by atoms with van der Waals surface area (Å²) in [7, 11) is 0. The Balaban J connectivity index is 1.62. The lowest BCUT2D eigenvalue weighted by Gasteiger charge is -2.57. The van der Waals surface area contributed by atoms with Crippen LogP contribution >= 0.6 is 0 Å². The lowest BCUT2D eigenvalue weighted by molar-refractivity contribution is -0.205. The number of ketones is 1. The van der Waals surface area contributed by atoms with Crippen molar-refractivity contribution in [3.8, 4) is 0 Å². The van der Waals surface area contributed by atoms with Gasteiger partial charge in [0.1, 0.15) is 18.2 Å². The average Bonchev–Trinajstić information content (AvgIpc) is 2.72. The molecule has 0 aromatic carbocycles. The van der Waals surface area contributed by atoms with E-state index in [1.54, 1.807) is 6.92 Å². The highest BCUT2D eigenvalue weighted by atomic mass is 19.2. The van der Waals surface area contributed by atoms with Crippen molar-refractivity contribution in [3.63, 3.8) is 0 Å². The van der Waals surface area contributed by atoms with E-state index in [0.29, 0.717) is 5.92 Å². The number of alkyl halides is 2. The normalized spacial score (nSPS) is 43.7. The minimum atomic E-state index is -1.98. The van der Waals surface area contributed by atoms with E-state index in [-0.39, 0.29) is 25.8 Å². The fourth-order valence-electron chi connectivity index (χ4n) is 5.97. The molecule has 4 aliphatic rings. The van der Waals surface area contributed by atoms with Crippen LogP contribution in [-0.2, 0) is 19.1 Å². The van der Waals surface area contributed by atoms with Gasteiger partial charge < -0.3 is 15.2 Å². The first kappa shape index (κ1) is 21.1. The summed E-state index contributed by atoms with van der Waals surface area (Å²) in [4.78, 5) is 27.6. The number of nitrogens with zero attached hydrogens (tertiary/aromatic N) is 1. The number of carbonyl (C=O) groups excluding carboxylic acids is 2. The van der Waals surface area contributed by atoms with Crippen LogP contribution in [-0.4, -0.2) is 73.0 Å². The van der Waals surface area contributed by atoms with Gasteiger partial charge in [-0.1, -0.05) is 32.1 Å². The van der Waals surface area contributed by atoms with Crippen molar-refractivity contribution in [3.05, 3.63) is 0 Å². The van der Waals surface area contributed by atoms with Crippen LogP contribution in [0.4, 0.5) is 8.78 Å². The summed E-state index contributed by atoms with van der Waals surface area (Å²) in [6.07, 6.45) is 1.98. The number of ether oxygens (including phenoxy) is 2. The molecule has 0 radical (unpaired) electrons. The Morgan fingerprint density at radius 1 is 1.24 bits per heavy atom. The molecule has 2 saturated heterocycles. The molecule has 0 bridgehead atoms. The third-order valence-corrected chi connectivity index (χ3v) is 7.40. The summed E-state index contributed by atoms with van der Waals surface area (Å²) in [6.45, 7) is 2.31. The summed E-state index contributed by atoms with van der Waals surface area (Å²) < 4.78 is 40.3. The van der Waals surface area contributed by atoms with E-state index in [2.05, 4.69) is 0 Å². The van der Waals surface area contributed by atoms with Crippen molar-refractivity contribution >= 4 is 11.8 Å². The minimum absolute atomic E-state index is 0.0255. The topological polar surface area (TPSA) is 81.9 Å². The van der Waals surface area contributed by atoms with Crippen molar-refractivity contribution < 1.29 is 27.8 Å². The molecule has 6 nitrogen and oxygen atoms in total. The molecule has 0 aromatic rings. The number of rotatable bonds is 4. The lowest BCUT2D eigenvalue weighted by atomic mass is 9.67. The molecule has 7 unspecified atom stereocenters. The Bertz CT molecular complexity index is 630. The largest absolute Gasteiger partial charge is 0.465 e. The third kappa shape index (κ3) is 3.72. The summed E-state index contributed by atoms with van der Waals surface area (Å²) in [5, 5.41) is 0. The molecule has 4 rings (SSSR count). The molecule has 164 valence electrons. The fraction of sp³-hybridized carbons (Fsp3) is 0.905. The van der Waals surface area contributed by atoms with E-state index >= 15 is 0 Å². The first-order chi connectivity index (χ1) is 13.9. The summed E-state index contributed by atoms with van der Waals surface area (Å²) in [5.41, 5.74) is 6.01. The highest BCUT2D eigenvalue weighted by Gasteiger charge is 2.62. The molecule has 2 aliphatic heterocycles. The zero-order valence-electron chi connectivity index (χ0n) is 17.0. The number of hydrogen-bond acceptors (Lipinski definition) is 6. The van der Waals surface area contributed by atoms with Gasteiger partial charge >= 0.3 is 5.97 Å². The molecule has 4 fully saturated rings. The maximum Gasteiger partial charge on any atom is 0.317 e. The maximum atomic E-state index is 14.8. The second kappa shape index (κ2) is 8.55. The molecule has 2 aliphatic carbocycles. The predicted molar refractivity (Wildman–Crippen MR) is 102 cm³/mol. The van der Waals surface area contributed by atoms with Crippen molar-refractivity contribution in [2.24, 2.45) is 23.5 Å². The van der Waals surface area contributed by atoms with Crippen molar-refractivity contribution in [2.45, 2.75) is 82.0 Å². The zero-order chi connectivity index (χ0) is 20.7. The predicted octanol–water partition coefficient (Wildman–Crippen LogP) is 1.79. The van der Waals surface area contributed by atoms with Gasteiger partial charge in [-0.05, 0) is 19.3 Å². The quantitative estimate of drug-likeness (QED) is 0.558. The fourth-order valence-corrected chi connectivity index (χ4v) is 5.97. The second-order valence-corrected chi connectivity index (χ2v) is 9.08. The highest BCUT2D eigenvalue weighted by molar-refractivity contribution is 6.02. The standard InChI is InChI=1S/C21H32F2N2O4/c1-2-28-21(27)13-9-25-12(8-11-6-4-3-5-7-11)10-29-20-16(23)15(22)17(24)14(18(20)25)19(13)26/h11-18,20H,2-10,24H2,1H3/t12-,13?,14?,15?,16?,17?,18?,20?/m0/s1. The van der Waals surface area contributed by atoms with Gasteiger partial charge in [0.15, 0.2) is 12.0 Å². The average molecular weight is 414 g/mol. The Morgan fingerprint density at radius 3 is 2.66 bits per heavy atom. The number of esters is 1. The van der Waals surface area contributed by atoms with Crippen LogP contribution in [0.2, 0.25) is 0 Å². The van der Waals surface area contributed by atoms with Gasteiger partial charge in [-0.2, -0.15) is 0 Å². The van der Waals surface area contributed by atoms with Gasteiger partial charge in [0.2, 0.25) is 0 Å². The molecule has 29 heavy (non-hydrogen) atoms. The number of Topliss-reactive ketones (excluding diaryl/α,β-unsaturated/α-hetero) is 1. The van der Waals surface area contributed by atoms with Crippen LogP contribution in [0.15, 0.2) is 0 Å². The Hall–Kier alpha value is -1.12. The Labute approximate surface area is 170 Å². The smallest absolute Gasteiger partial charge is 0.317 e. The summed E-state index contributed by atoms with van der Waals surface area (Å²) >= 11 is 0. The molecule has 2 heterocycles. The van der Waals surface area contributed by atoms with Gasteiger partial charge in [0, 0.05) is 12.6 Å². The van der Waals surface area contributed by atoms with E-state index in [4.69, 9.17) is 15.2 Å². The number of morpholine rings is 1. The minimum Gasteiger partial charge on any atom is -0.465 e. The van der Waals surface area contributed by atoms with Crippen LogP contribution < -0.4 is 5.73 Å². The first-order valence-electron chi connectivity index (χ1n) is 11.1. The van der Waals surface area contributed by atoms with Crippen LogP contribution in [0.3, 0.4) is 0 Å². The number of hydrogen-bond donors (Lipinski definition) is 1. The van der Waals surface area contributed by atoms with E-state index in [0.717, 1.165) is 19.3 Å². The molecule has 2 saturated carbocycles. The summed E-state index contributed by atoms with van der Waals surface area (Å²) in [6, 6.07) is -1.93. The highest BCUT2D eigenvalue weighted by Crippen LogP contribution is 2.44. The molecule has 0 aromatic heterocycles. The summed E-state index contributed by atoms with van der Waals surface area (Å²) in [5.74, 6) is -2.44. The number of piperidine rings is 1. The molecular weight excluding hydrogens is 382 g/mol. The van der Waals surface area contributed by atoms with Gasteiger partial charge in [-0.3, -0.25) is 14.5 Å². The van der Waals surface area contributed by atoms with Gasteiger partial charge in [-0.15, -0.1) is 0 Å². The lowest BCUT2D eigenvalue weighted by Crippen LogP contribution is -2.76. The molecular formula is C21H32F2N2O4. The molecule has 8 atom stereocenters. The van der Waals surface area contributed by atoms with Crippen LogP contribution in [0.25, 0.3) is 0 Å². The molecule has 2 N–H and O–H groups in total. The van der Waals surface area contributed by atoms with Gasteiger partial charge in [0.05, 0.1) is 31.2 Å². The molecule has 8 heteroatoms. The van der Waals surface area contributed by atoms with Gasteiger partial charge in [-0.25, -0.2) is 8.78 Å². The van der Waals surface area contributed by atoms with Crippen LogP contribution in [0, 0.1) is 17.8 Å². The van der Waals surface area contributed by atoms with E-state index in [9.17, 15) is 18.4 Å². The monoisotopic (exact) mass is 414 g/mol. The third-order valence-electron chi connectivity index (χ3n) is 7.40. The maximum absolute atomic E-state index is 14.8. The molecule has 0 spiro atoms. The number of nitrogens with two attached hydrogens (primary N) is 1. The second-order valence-electron chi connectivity index (χ2n) is 9.08. The van der Waals surface area contributed by atoms with Crippen LogP contribution in [0.1, 0.15) is 45.4 Å². The SMILES string of the molecule is CCOC(=O)C1CN2C3C(OC[C@@H]2CC2CCCCC2)C(F)C(F)C(N)C3C1=O. The first-order valence-corrected chi connectivity index (χ1v) is 11.1. The van der Waals surface area contributed by atoms with E-state index < -0.39 is 54.1 Å². The Morgan fingerprint density at radius 2 is 1.97 bits per heavy atom. The van der Waals surface area contributed by atoms with Crippen LogP contribution in [0.5, 0.6) is 0 Å². The van der Waals surface area contributed by atoms with Crippen molar-refractivity contribution in [1.29, 1.82) is 0 Å². The molecule has 0 amide bonds. The van der Waals surface area contributed by atoms with Crippen molar-refractivity contribution in [1.82, 2.24) is 4.90 Å².